The number of terminal acetylenes is 1. The second-order valence-corrected chi connectivity index (χ2v) is 4.51. The molecule has 6 nitrogen and oxygen atoms in total. The van der Waals surface area contributed by atoms with Crippen LogP contribution in [0.4, 0.5) is 4.79 Å². The van der Waals surface area contributed by atoms with Gasteiger partial charge in [-0.15, -0.1) is 12.3 Å². The van der Waals surface area contributed by atoms with Gasteiger partial charge in [-0.25, -0.2) is 9.59 Å². The number of carboxylic acid groups (broad SMARTS) is 1. The third-order valence-corrected chi connectivity index (χ3v) is 2.82. The quantitative estimate of drug-likeness (QED) is 0.715. The Morgan fingerprint density at radius 1 is 1.45 bits per heavy atom. The van der Waals surface area contributed by atoms with Crippen molar-refractivity contribution in [2.24, 2.45) is 0 Å². The predicted octanol–water partition coefficient (Wildman–Crippen LogP) is 1.73. The molecule has 1 aromatic rings. The summed E-state index contributed by atoms with van der Waals surface area (Å²) in [6, 6.07) is -0.151. The number of amides is 2. The Balaban J connectivity index is 2.64. The van der Waals surface area contributed by atoms with Crippen molar-refractivity contribution in [2.75, 3.05) is 0 Å². The van der Waals surface area contributed by atoms with E-state index >= 15 is 0 Å². The first kappa shape index (κ1) is 15.6. The Labute approximate surface area is 117 Å². The molecule has 1 heterocycles. The molecule has 0 bridgehead atoms. The molecule has 0 radical (unpaired) electrons. The minimum atomic E-state index is -1.17. The third kappa shape index (κ3) is 4.05. The highest BCUT2D eigenvalue weighted by Crippen LogP contribution is 2.20. The van der Waals surface area contributed by atoms with Crippen molar-refractivity contribution in [1.29, 1.82) is 0 Å². The summed E-state index contributed by atoms with van der Waals surface area (Å²) in [7, 11) is 0. The van der Waals surface area contributed by atoms with Crippen LogP contribution < -0.4 is 10.6 Å². The number of urea groups is 1. The topological polar surface area (TPSA) is 91.6 Å². The van der Waals surface area contributed by atoms with Gasteiger partial charge in [0.1, 0.15) is 17.6 Å². The van der Waals surface area contributed by atoms with E-state index in [4.69, 9.17) is 15.9 Å². The van der Waals surface area contributed by atoms with E-state index in [2.05, 4.69) is 16.6 Å². The summed E-state index contributed by atoms with van der Waals surface area (Å²) < 4.78 is 5.38. The molecule has 1 rings (SSSR count). The second kappa shape index (κ2) is 6.66. The lowest BCUT2D eigenvalue weighted by Crippen LogP contribution is -2.46. The smallest absolute Gasteiger partial charge is 0.327 e. The van der Waals surface area contributed by atoms with Crippen molar-refractivity contribution >= 4 is 12.0 Å². The zero-order valence-corrected chi connectivity index (χ0v) is 11.7. The highest BCUT2D eigenvalue weighted by molar-refractivity contribution is 5.82. The molecule has 2 amide bonds. The number of aryl methyl sites for hydroxylation is 2. The van der Waals surface area contributed by atoms with E-state index in [-0.39, 0.29) is 12.5 Å². The molecule has 1 aromatic heterocycles. The van der Waals surface area contributed by atoms with Crippen LogP contribution in [-0.4, -0.2) is 23.1 Å². The fraction of sp³-hybridized carbons (Fsp3) is 0.429. The summed E-state index contributed by atoms with van der Waals surface area (Å²) in [5.74, 6) is 2.52. The van der Waals surface area contributed by atoms with Crippen LogP contribution in [0.1, 0.15) is 36.5 Å². The lowest BCUT2D eigenvalue weighted by Gasteiger charge is -2.17. The fourth-order valence-corrected chi connectivity index (χ4v) is 1.87. The molecule has 6 heteroatoms. The van der Waals surface area contributed by atoms with Gasteiger partial charge in [-0.2, -0.15) is 0 Å². The highest BCUT2D eigenvalue weighted by atomic mass is 16.4. The molecule has 0 aliphatic rings. The maximum atomic E-state index is 11.7. The van der Waals surface area contributed by atoms with Gasteiger partial charge in [0, 0.05) is 12.0 Å². The first-order valence-electron chi connectivity index (χ1n) is 6.15. The van der Waals surface area contributed by atoms with Crippen LogP contribution >= 0.6 is 0 Å². The van der Waals surface area contributed by atoms with Gasteiger partial charge in [0.2, 0.25) is 0 Å². The largest absolute Gasteiger partial charge is 0.480 e. The summed E-state index contributed by atoms with van der Waals surface area (Å²) in [6.07, 6.45) is 4.99. The normalized spacial score (nSPS) is 13.1. The number of carboxylic acids is 1. The van der Waals surface area contributed by atoms with Gasteiger partial charge >= 0.3 is 12.0 Å². The highest BCUT2D eigenvalue weighted by Gasteiger charge is 2.21. The van der Waals surface area contributed by atoms with Crippen LogP contribution in [0.5, 0.6) is 0 Å². The Morgan fingerprint density at radius 2 is 2.10 bits per heavy atom. The van der Waals surface area contributed by atoms with E-state index in [1.165, 1.54) is 0 Å². The fourth-order valence-electron chi connectivity index (χ4n) is 1.87. The van der Waals surface area contributed by atoms with Gasteiger partial charge in [-0.05, 0) is 26.8 Å². The van der Waals surface area contributed by atoms with Gasteiger partial charge in [0.25, 0.3) is 0 Å². The van der Waals surface area contributed by atoms with Gasteiger partial charge in [0.15, 0.2) is 0 Å². The Kier molecular flexibility index (Phi) is 5.21. The third-order valence-electron chi connectivity index (χ3n) is 2.82. The molecule has 2 atom stereocenters. The van der Waals surface area contributed by atoms with Crippen LogP contribution in [0.25, 0.3) is 0 Å². The molecule has 0 spiro atoms. The maximum absolute atomic E-state index is 11.7. The number of nitrogens with one attached hydrogen (secondary N) is 2. The lowest BCUT2D eigenvalue weighted by atomic mass is 10.1. The minimum Gasteiger partial charge on any atom is -0.480 e. The number of furan rings is 1. The standard InChI is InChI=1S/C14H18N2O4/c1-5-6-12(13(17)18)16-14(19)15-9(3)11-7-8(2)20-10(11)4/h1,7,9,12H,6H2,2-4H3,(H,17,18)(H2,15,16,19). The summed E-state index contributed by atoms with van der Waals surface area (Å²) in [5, 5.41) is 13.9. The summed E-state index contributed by atoms with van der Waals surface area (Å²) in [6.45, 7) is 5.40. The Morgan fingerprint density at radius 3 is 2.55 bits per heavy atom. The molecule has 0 saturated carbocycles. The molecular formula is C14H18N2O4. The number of aliphatic carboxylic acids is 1. The van der Waals surface area contributed by atoms with Crippen LogP contribution in [0.2, 0.25) is 0 Å². The van der Waals surface area contributed by atoms with Crippen molar-refractivity contribution in [3.8, 4) is 12.3 Å². The van der Waals surface area contributed by atoms with Gasteiger partial charge in [0.05, 0.1) is 6.04 Å². The molecule has 0 aliphatic carbocycles. The van der Waals surface area contributed by atoms with Crippen molar-refractivity contribution in [3.63, 3.8) is 0 Å². The van der Waals surface area contributed by atoms with E-state index in [9.17, 15) is 9.59 Å². The number of hydrogen-bond donors (Lipinski definition) is 3. The van der Waals surface area contributed by atoms with Crippen LogP contribution in [0.15, 0.2) is 10.5 Å². The summed E-state index contributed by atoms with van der Waals surface area (Å²) in [5.41, 5.74) is 0.849. The summed E-state index contributed by atoms with van der Waals surface area (Å²) in [4.78, 5) is 22.6. The monoisotopic (exact) mass is 278 g/mol. The number of carbonyl (C=O) groups is 2. The molecule has 2 unspecified atom stereocenters. The van der Waals surface area contributed by atoms with Crippen LogP contribution in [-0.2, 0) is 4.79 Å². The van der Waals surface area contributed by atoms with Crippen molar-refractivity contribution in [1.82, 2.24) is 10.6 Å². The number of hydrogen-bond acceptors (Lipinski definition) is 3. The lowest BCUT2D eigenvalue weighted by molar-refractivity contribution is -0.139. The molecule has 20 heavy (non-hydrogen) atoms. The molecule has 108 valence electrons. The Bertz CT molecular complexity index is 542. The van der Waals surface area contributed by atoms with Crippen molar-refractivity contribution in [3.05, 3.63) is 23.2 Å². The Hall–Kier alpha value is -2.42. The second-order valence-electron chi connectivity index (χ2n) is 4.51. The minimum absolute atomic E-state index is 0.0685. The van der Waals surface area contributed by atoms with Gasteiger partial charge < -0.3 is 20.2 Å². The zero-order chi connectivity index (χ0) is 15.3. The SMILES string of the molecule is C#CCC(NC(=O)NC(C)c1cc(C)oc1C)C(=O)O. The van der Waals surface area contributed by atoms with Gasteiger partial charge in [-0.3, -0.25) is 0 Å². The molecule has 0 aliphatic heterocycles. The predicted molar refractivity (Wildman–Crippen MR) is 73.1 cm³/mol. The van der Waals surface area contributed by atoms with Crippen molar-refractivity contribution < 1.29 is 19.1 Å². The summed E-state index contributed by atoms with van der Waals surface area (Å²) >= 11 is 0. The molecular weight excluding hydrogens is 260 g/mol. The average molecular weight is 278 g/mol. The number of carbonyl (C=O) groups excluding carboxylic acids is 1. The van der Waals surface area contributed by atoms with E-state index in [1.54, 1.807) is 13.8 Å². The molecule has 0 fully saturated rings. The van der Waals surface area contributed by atoms with E-state index < -0.39 is 18.0 Å². The van der Waals surface area contributed by atoms with E-state index in [1.807, 2.05) is 13.0 Å². The van der Waals surface area contributed by atoms with Crippen LogP contribution in [0.3, 0.4) is 0 Å². The molecule has 3 N–H and O–H groups in total. The molecule has 0 aromatic carbocycles. The zero-order valence-electron chi connectivity index (χ0n) is 11.7. The maximum Gasteiger partial charge on any atom is 0.327 e. The van der Waals surface area contributed by atoms with E-state index in [0.717, 1.165) is 11.3 Å². The average Bonchev–Trinajstić information content (AvgIpc) is 2.67. The first-order chi connectivity index (χ1) is 9.35. The van der Waals surface area contributed by atoms with E-state index in [0.29, 0.717) is 5.76 Å². The molecule has 0 saturated heterocycles. The first-order valence-corrected chi connectivity index (χ1v) is 6.15. The van der Waals surface area contributed by atoms with Crippen LogP contribution in [0, 0.1) is 26.2 Å². The number of rotatable bonds is 5. The van der Waals surface area contributed by atoms with Crippen molar-refractivity contribution in [2.45, 2.75) is 39.3 Å². The van der Waals surface area contributed by atoms with Gasteiger partial charge in [-0.1, -0.05) is 0 Å².